The molecular formula is C13H18N2O3. The third-order valence-electron chi connectivity index (χ3n) is 2.59. The van der Waals surface area contributed by atoms with Gasteiger partial charge in [-0.15, -0.1) is 0 Å². The SMILES string of the molecule is NCCCC[C@@H](NC(=O)c1ccccc1)C(=O)O. The van der Waals surface area contributed by atoms with Crippen molar-refractivity contribution in [1.29, 1.82) is 0 Å². The van der Waals surface area contributed by atoms with Gasteiger partial charge in [-0.2, -0.15) is 0 Å². The summed E-state index contributed by atoms with van der Waals surface area (Å²) in [6.45, 7) is 0.527. The molecule has 0 spiro atoms. The molecule has 0 aromatic heterocycles. The number of benzene rings is 1. The summed E-state index contributed by atoms with van der Waals surface area (Å²) in [5.74, 6) is -1.38. The van der Waals surface area contributed by atoms with Crippen molar-refractivity contribution in [3.63, 3.8) is 0 Å². The van der Waals surface area contributed by atoms with E-state index in [1.54, 1.807) is 30.3 Å². The second-order valence-electron chi connectivity index (χ2n) is 4.01. The number of hydrogen-bond acceptors (Lipinski definition) is 3. The van der Waals surface area contributed by atoms with E-state index in [1.165, 1.54) is 0 Å². The highest BCUT2D eigenvalue weighted by Gasteiger charge is 2.19. The van der Waals surface area contributed by atoms with Crippen LogP contribution in [0.2, 0.25) is 0 Å². The zero-order valence-corrected chi connectivity index (χ0v) is 10.1. The van der Waals surface area contributed by atoms with E-state index in [0.717, 1.165) is 6.42 Å². The van der Waals surface area contributed by atoms with Crippen LogP contribution in [0, 0.1) is 0 Å². The van der Waals surface area contributed by atoms with Crippen molar-refractivity contribution in [2.24, 2.45) is 5.73 Å². The standard InChI is InChI=1S/C13H18N2O3/c14-9-5-4-8-11(13(17)18)15-12(16)10-6-2-1-3-7-10/h1-3,6-7,11H,4-5,8-9,14H2,(H,15,16)(H,17,18)/t11-/m1/s1. The lowest BCUT2D eigenvalue weighted by Crippen LogP contribution is -2.40. The highest BCUT2D eigenvalue weighted by Crippen LogP contribution is 2.04. The first-order chi connectivity index (χ1) is 8.65. The van der Waals surface area contributed by atoms with Gasteiger partial charge in [0.2, 0.25) is 0 Å². The molecule has 0 aliphatic heterocycles. The zero-order valence-electron chi connectivity index (χ0n) is 10.1. The Bertz CT molecular complexity index is 392. The normalized spacial score (nSPS) is 11.8. The van der Waals surface area contributed by atoms with Gasteiger partial charge in [0.15, 0.2) is 0 Å². The molecule has 1 aromatic rings. The van der Waals surface area contributed by atoms with E-state index < -0.39 is 12.0 Å². The molecule has 0 heterocycles. The molecule has 1 atom stereocenters. The number of nitrogens with two attached hydrogens (primary N) is 1. The van der Waals surface area contributed by atoms with Gasteiger partial charge in [0.1, 0.15) is 6.04 Å². The number of hydrogen-bond donors (Lipinski definition) is 3. The molecule has 0 fully saturated rings. The lowest BCUT2D eigenvalue weighted by molar-refractivity contribution is -0.139. The maximum absolute atomic E-state index is 11.8. The van der Waals surface area contributed by atoms with Crippen LogP contribution in [0.15, 0.2) is 30.3 Å². The first kappa shape index (κ1) is 14.2. The van der Waals surface area contributed by atoms with Crippen LogP contribution < -0.4 is 11.1 Å². The molecule has 0 saturated heterocycles. The van der Waals surface area contributed by atoms with Crippen molar-refractivity contribution in [3.8, 4) is 0 Å². The van der Waals surface area contributed by atoms with Crippen LogP contribution >= 0.6 is 0 Å². The minimum Gasteiger partial charge on any atom is -0.480 e. The Hall–Kier alpha value is -1.88. The average molecular weight is 250 g/mol. The van der Waals surface area contributed by atoms with Crippen molar-refractivity contribution in [2.75, 3.05) is 6.54 Å². The lowest BCUT2D eigenvalue weighted by atomic mass is 10.1. The minimum absolute atomic E-state index is 0.365. The van der Waals surface area contributed by atoms with E-state index in [9.17, 15) is 9.59 Å². The predicted molar refractivity (Wildman–Crippen MR) is 68.2 cm³/mol. The Kier molecular flexibility index (Phi) is 5.87. The number of nitrogens with one attached hydrogen (secondary N) is 1. The number of aliphatic carboxylic acids is 1. The zero-order chi connectivity index (χ0) is 13.4. The van der Waals surface area contributed by atoms with Crippen molar-refractivity contribution in [1.82, 2.24) is 5.32 Å². The van der Waals surface area contributed by atoms with Gasteiger partial charge in [-0.1, -0.05) is 18.2 Å². The number of carboxylic acids is 1. The van der Waals surface area contributed by atoms with Crippen LogP contribution in [0.1, 0.15) is 29.6 Å². The van der Waals surface area contributed by atoms with Crippen LogP contribution in [-0.2, 0) is 4.79 Å². The van der Waals surface area contributed by atoms with Crippen LogP contribution in [0.4, 0.5) is 0 Å². The molecule has 1 rings (SSSR count). The fourth-order valence-corrected chi connectivity index (χ4v) is 1.58. The smallest absolute Gasteiger partial charge is 0.326 e. The first-order valence-corrected chi connectivity index (χ1v) is 5.94. The Labute approximate surface area is 106 Å². The lowest BCUT2D eigenvalue weighted by Gasteiger charge is -2.14. The molecule has 5 heteroatoms. The molecular weight excluding hydrogens is 232 g/mol. The number of carboxylic acid groups (broad SMARTS) is 1. The summed E-state index contributed by atoms with van der Waals surface area (Å²) in [5.41, 5.74) is 5.81. The Balaban J connectivity index is 2.55. The Morgan fingerprint density at radius 2 is 1.89 bits per heavy atom. The molecule has 0 saturated carbocycles. The second kappa shape index (κ2) is 7.45. The number of rotatable bonds is 7. The van der Waals surface area contributed by atoms with Crippen molar-refractivity contribution < 1.29 is 14.7 Å². The molecule has 0 radical (unpaired) electrons. The minimum atomic E-state index is -1.02. The number of unbranched alkanes of at least 4 members (excludes halogenated alkanes) is 1. The molecule has 0 aliphatic carbocycles. The van der Waals surface area contributed by atoms with Crippen molar-refractivity contribution in [3.05, 3.63) is 35.9 Å². The summed E-state index contributed by atoms with van der Waals surface area (Å²) in [6, 6.07) is 7.71. The summed E-state index contributed by atoms with van der Waals surface area (Å²) < 4.78 is 0. The fourth-order valence-electron chi connectivity index (χ4n) is 1.58. The van der Waals surface area contributed by atoms with Crippen LogP contribution in [0.25, 0.3) is 0 Å². The monoisotopic (exact) mass is 250 g/mol. The summed E-state index contributed by atoms with van der Waals surface area (Å²) in [7, 11) is 0. The third-order valence-corrected chi connectivity index (χ3v) is 2.59. The maximum Gasteiger partial charge on any atom is 0.326 e. The van der Waals surface area contributed by atoms with E-state index in [0.29, 0.717) is 24.9 Å². The van der Waals surface area contributed by atoms with Gasteiger partial charge >= 0.3 is 5.97 Å². The van der Waals surface area contributed by atoms with Gasteiger partial charge in [-0.05, 0) is 37.9 Å². The number of carbonyl (C=O) groups is 2. The summed E-state index contributed by atoms with van der Waals surface area (Å²) in [4.78, 5) is 22.8. The molecule has 98 valence electrons. The highest BCUT2D eigenvalue weighted by molar-refractivity contribution is 5.96. The van der Waals surface area contributed by atoms with Gasteiger partial charge in [0.05, 0.1) is 0 Å². The second-order valence-corrected chi connectivity index (χ2v) is 4.01. The van der Waals surface area contributed by atoms with Gasteiger partial charge in [0, 0.05) is 5.56 Å². The summed E-state index contributed by atoms with van der Waals surface area (Å²) in [6.07, 6.45) is 1.83. The molecule has 4 N–H and O–H groups in total. The average Bonchev–Trinajstić information content (AvgIpc) is 2.38. The van der Waals surface area contributed by atoms with Crippen molar-refractivity contribution in [2.45, 2.75) is 25.3 Å². The van der Waals surface area contributed by atoms with E-state index in [4.69, 9.17) is 10.8 Å². The topological polar surface area (TPSA) is 92.4 Å². The molecule has 1 aromatic carbocycles. The summed E-state index contributed by atoms with van der Waals surface area (Å²) in [5, 5.41) is 11.5. The highest BCUT2D eigenvalue weighted by atomic mass is 16.4. The molecule has 0 bridgehead atoms. The first-order valence-electron chi connectivity index (χ1n) is 5.94. The van der Waals surface area contributed by atoms with E-state index in [1.807, 2.05) is 0 Å². The van der Waals surface area contributed by atoms with E-state index >= 15 is 0 Å². The Morgan fingerprint density at radius 1 is 1.22 bits per heavy atom. The van der Waals surface area contributed by atoms with Gasteiger partial charge < -0.3 is 16.2 Å². The fraction of sp³-hybridized carbons (Fsp3) is 0.385. The molecule has 18 heavy (non-hydrogen) atoms. The predicted octanol–water partition coefficient (Wildman–Crippen LogP) is 0.999. The number of amides is 1. The van der Waals surface area contributed by atoms with Gasteiger partial charge in [0.25, 0.3) is 5.91 Å². The van der Waals surface area contributed by atoms with Gasteiger partial charge in [-0.25, -0.2) is 4.79 Å². The van der Waals surface area contributed by atoms with Crippen LogP contribution in [0.5, 0.6) is 0 Å². The molecule has 0 aliphatic rings. The van der Waals surface area contributed by atoms with Crippen LogP contribution in [0.3, 0.4) is 0 Å². The van der Waals surface area contributed by atoms with E-state index in [2.05, 4.69) is 5.32 Å². The quantitative estimate of drug-likeness (QED) is 0.629. The third kappa shape index (κ3) is 4.55. The maximum atomic E-state index is 11.8. The molecule has 5 nitrogen and oxygen atoms in total. The largest absolute Gasteiger partial charge is 0.480 e. The van der Waals surface area contributed by atoms with Crippen molar-refractivity contribution >= 4 is 11.9 Å². The molecule has 0 unspecified atom stereocenters. The molecule has 1 amide bonds. The Morgan fingerprint density at radius 3 is 2.44 bits per heavy atom. The van der Waals surface area contributed by atoms with Crippen LogP contribution in [-0.4, -0.2) is 29.6 Å². The van der Waals surface area contributed by atoms with Gasteiger partial charge in [-0.3, -0.25) is 4.79 Å². The van der Waals surface area contributed by atoms with E-state index in [-0.39, 0.29) is 5.91 Å². The summed E-state index contributed by atoms with van der Waals surface area (Å²) >= 11 is 0. The number of carbonyl (C=O) groups excluding carboxylic acids is 1.